The number of hydrogen-bond donors (Lipinski definition) is 1. The molecule has 0 radical (unpaired) electrons. The molecule has 1 aliphatic carbocycles. The summed E-state index contributed by atoms with van der Waals surface area (Å²) in [6.45, 7) is 3.05. The number of nitrogens with zero attached hydrogens (tertiary/aromatic N) is 3. The molecule has 7 nitrogen and oxygen atoms in total. The Hall–Kier alpha value is -3.58. The van der Waals surface area contributed by atoms with Gasteiger partial charge < -0.3 is 15.4 Å². The number of hydrogen-bond acceptors (Lipinski definition) is 6. The minimum atomic E-state index is -0.650. The van der Waals surface area contributed by atoms with Gasteiger partial charge in [0.25, 0.3) is 0 Å². The number of aromatic nitrogens is 2. The first-order valence-electron chi connectivity index (χ1n) is 14.1. The van der Waals surface area contributed by atoms with Gasteiger partial charge in [0.2, 0.25) is 5.91 Å². The molecule has 2 heterocycles. The van der Waals surface area contributed by atoms with Crippen molar-refractivity contribution in [1.82, 2.24) is 14.9 Å². The van der Waals surface area contributed by atoms with Gasteiger partial charge >= 0.3 is 5.97 Å². The van der Waals surface area contributed by atoms with Gasteiger partial charge in [0, 0.05) is 36.6 Å². The highest BCUT2D eigenvalue weighted by atomic mass is 16.5. The van der Waals surface area contributed by atoms with E-state index in [1.165, 1.54) is 44.8 Å². The van der Waals surface area contributed by atoms with Crippen LogP contribution in [-0.4, -0.2) is 53.0 Å². The van der Waals surface area contributed by atoms with Crippen LogP contribution in [0.5, 0.6) is 0 Å². The summed E-state index contributed by atoms with van der Waals surface area (Å²) in [6.07, 6.45) is 10.8. The first-order chi connectivity index (χ1) is 18.9. The van der Waals surface area contributed by atoms with Crippen molar-refractivity contribution < 1.29 is 14.3 Å². The fraction of sp³-hybridized carbons (Fsp3) is 0.438. The highest BCUT2D eigenvalue weighted by Crippen LogP contribution is 2.37. The van der Waals surface area contributed by atoms with Gasteiger partial charge in [0.05, 0.1) is 19.1 Å². The van der Waals surface area contributed by atoms with Crippen LogP contribution in [-0.2, 0) is 20.7 Å². The Morgan fingerprint density at radius 3 is 2.13 bits per heavy atom. The van der Waals surface area contributed by atoms with Crippen LogP contribution in [0.2, 0.25) is 0 Å². The zero-order chi connectivity index (χ0) is 27.4. The second kappa shape index (κ2) is 12.1. The summed E-state index contributed by atoms with van der Waals surface area (Å²) in [7, 11) is 1.36. The summed E-state index contributed by atoms with van der Waals surface area (Å²) >= 11 is 0. The van der Waals surface area contributed by atoms with Crippen molar-refractivity contribution in [2.75, 3.05) is 20.2 Å². The van der Waals surface area contributed by atoms with Gasteiger partial charge in [-0.25, -0.2) is 9.97 Å². The summed E-state index contributed by atoms with van der Waals surface area (Å²) in [4.78, 5) is 35.0. The molecule has 7 heteroatoms. The van der Waals surface area contributed by atoms with E-state index in [0.29, 0.717) is 31.3 Å². The number of nitrogens with two attached hydrogens (primary N) is 1. The van der Waals surface area contributed by atoms with E-state index in [-0.39, 0.29) is 17.8 Å². The Kier molecular flexibility index (Phi) is 8.36. The van der Waals surface area contributed by atoms with Crippen molar-refractivity contribution in [3.05, 3.63) is 72.1 Å². The SMILES string of the molecule is CCC1CCC(c2ccc(-c3cnc(-c4ccc(C[C@H](N)C(=O)N5CC(C(=O)OC)C5)cc4)nc3)cc2)CC1. The third-order valence-electron chi connectivity index (χ3n) is 8.50. The van der Waals surface area contributed by atoms with Crippen LogP contribution in [0.25, 0.3) is 22.5 Å². The van der Waals surface area contributed by atoms with Crippen LogP contribution < -0.4 is 5.73 Å². The highest BCUT2D eigenvalue weighted by Gasteiger charge is 2.38. The molecule has 2 aliphatic rings. The van der Waals surface area contributed by atoms with Crippen LogP contribution in [0.4, 0.5) is 0 Å². The van der Waals surface area contributed by atoms with Crippen molar-refractivity contribution in [1.29, 1.82) is 0 Å². The van der Waals surface area contributed by atoms with E-state index in [0.717, 1.165) is 28.2 Å². The van der Waals surface area contributed by atoms with Crippen LogP contribution in [0, 0.1) is 11.8 Å². The third kappa shape index (κ3) is 6.19. The maximum absolute atomic E-state index is 12.6. The molecule has 2 aromatic carbocycles. The average Bonchev–Trinajstić information content (AvgIpc) is 2.97. The van der Waals surface area contributed by atoms with E-state index < -0.39 is 6.04 Å². The standard InChI is InChI=1S/C32H38N4O3/c1-3-21-4-8-23(9-5-21)24-12-14-25(15-13-24)27-17-34-30(35-18-27)26-10-6-22(7-11-26)16-29(33)31(37)36-19-28(20-36)32(38)39-2/h6-7,10-15,17-18,21,23,28-29H,3-5,8-9,16,19-20,33H2,1-2H3/t21?,23?,29-/m0/s1. The summed E-state index contributed by atoms with van der Waals surface area (Å²) in [5.74, 6) is 1.58. The molecular weight excluding hydrogens is 488 g/mol. The fourth-order valence-electron chi connectivity index (χ4n) is 5.82. The van der Waals surface area contributed by atoms with Crippen molar-refractivity contribution >= 4 is 11.9 Å². The van der Waals surface area contributed by atoms with Crippen LogP contribution in [0.1, 0.15) is 56.1 Å². The van der Waals surface area contributed by atoms with Gasteiger partial charge in [0.1, 0.15) is 0 Å². The van der Waals surface area contributed by atoms with Crippen molar-refractivity contribution in [3.63, 3.8) is 0 Å². The number of ether oxygens (including phenoxy) is 1. The Balaban J connectivity index is 1.15. The molecule has 1 saturated heterocycles. The lowest BCUT2D eigenvalue weighted by Crippen LogP contribution is -2.57. The minimum absolute atomic E-state index is 0.143. The van der Waals surface area contributed by atoms with Crippen LogP contribution in [0.15, 0.2) is 60.9 Å². The maximum Gasteiger partial charge on any atom is 0.312 e. The predicted octanol–water partition coefficient (Wildman–Crippen LogP) is 5.00. The van der Waals surface area contributed by atoms with Crippen molar-refractivity contribution in [2.45, 2.75) is 57.4 Å². The molecule has 0 spiro atoms. The summed E-state index contributed by atoms with van der Waals surface area (Å²) < 4.78 is 4.73. The monoisotopic (exact) mass is 526 g/mol. The number of amides is 1. The Bertz CT molecular complexity index is 1260. The molecular formula is C32H38N4O3. The molecule has 1 amide bonds. The summed E-state index contributed by atoms with van der Waals surface area (Å²) in [5.41, 5.74) is 11.6. The van der Waals surface area contributed by atoms with E-state index in [4.69, 9.17) is 10.5 Å². The first-order valence-corrected chi connectivity index (χ1v) is 14.1. The number of benzene rings is 2. The second-order valence-corrected chi connectivity index (χ2v) is 11.0. The fourth-order valence-corrected chi connectivity index (χ4v) is 5.82. The molecule has 0 bridgehead atoms. The maximum atomic E-state index is 12.6. The second-order valence-electron chi connectivity index (χ2n) is 11.0. The highest BCUT2D eigenvalue weighted by molar-refractivity contribution is 5.85. The molecule has 5 rings (SSSR count). The number of methoxy groups -OCH3 is 1. The van der Waals surface area contributed by atoms with Crippen LogP contribution >= 0.6 is 0 Å². The number of esters is 1. The van der Waals surface area contributed by atoms with E-state index >= 15 is 0 Å². The zero-order valence-electron chi connectivity index (χ0n) is 22.9. The molecule has 2 fully saturated rings. The number of carbonyl (C=O) groups is 2. The molecule has 204 valence electrons. The lowest BCUT2D eigenvalue weighted by Gasteiger charge is -2.38. The zero-order valence-corrected chi connectivity index (χ0v) is 22.9. The van der Waals surface area contributed by atoms with E-state index in [2.05, 4.69) is 41.2 Å². The van der Waals surface area contributed by atoms with Crippen LogP contribution in [0.3, 0.4) is 0 Å². The first kappa shape index (κ1) is 27.0. The van der Waals surface area contributed by atoms with E-state index in [1.54, 1.807) is 4.90 Å². The van der Waals surface area contributed by atoms with Gasteiger partial charge in [-0.05, 0) is 60.6 Å². The number of carbonyl (C=O) groups excluding carboxylic acids is 2. The predicted molar refractivity (Wildman–Crippen MR) is 152 cm³/mol. The van der Waals surface area contributed by atoms with Crippen molar-refractivity contribution in [2.24, 2.45) is 17.6 Å². The van der Waals surface area contributed by atoms with Gasteiger partial charge in [-0.3, -0.25) is 9.59 Å². The van der Waals surface area contributed by atoms with Gasteiger partial charge in [-0.1, -0.05) is 61.9 Å². The molecule has 3 aromatic rings. The largest absolute Gasteiger partial charge is 0.469 e. The van der Waals surface area contributed by atoms with Gasteiger partial charge in [-0.2, -0.15) is 0 Å². The lowest BCUT2D eigenvalue weighted by atomic mass is 9.78. The minimum Gasteiger partial charge on any atom is -0.469 e. The molecule has 1 aromatic heterocycles. The summed E-state index contributed by atoms with van der Waals surface area (Å²) in [6, 6.07) is 16.1. The summed E-state index contributed by atoms with van der Waals surface area (Å²) in [5, 5.41) is 0. The number of likely N-dealkylation sites (tertiary alicyclic amines) is 1. The molecule has 1 aliphatic heterocycles. The lowest BCUT2D eigenvalue weighted by molar-refractivity contribution is -0.156. The molecule has 0 unspecified atom stereocenters. The van der Waals surface area contributed by atoms with Gasteiger partial charge in [0.15, 0.2) is 5.82 Å². The molecule has 2 N–H and O–H groups in total. The topological polar surface area (TPSA) is 98.4 Å². The van der Waals surface area contributed by atoms with E-state index in [9.17, 15) is 9.59 Å². The van der Waals surface area contributed by atoms with Crippen molar-refractivity contribution in [3.8, 4) is 22.5 Å². The number of rotatable bonds is 8. The Morgan fingerprint density at radius 1 is 0.923 bits per heavy atom. The Labute approximate surface area is 230 Å². The molecule has 1 saturated carbocycles. The molecule has 1 atom stereocenters. The smallest absolute Gasteiger partial charge is 0.312 e. The Morgan fingerprint density at radius 2 is 1.54 bits per heavy atom. The average molecular weight is 527 g/mol. The van der Waals surface area contributed by atoms with Gasteiger partial charge in [-0.15, -0.1) is 0 Å². The normalized spacial score (nSPS) is 20.2. The third-order valence-corrected chi connectivity index (χ3v) is 8.50. The van der Waals surface area contributed by atoms with E-state index in [1.807, 2.05) is 36.7 Å². The quantitative estimate of drug-likeness (QED) is 0.415. The molecule has 39 heavy (non-hydrogen) atoms.